The molecule has 0 aliphatic carbocycles. The minimum absolute atomic E-state index is 0.0355. The molecule has 6 nitrogen and oxygen atoms in total. The molecular formula is C15H12N4O2. The van der Waals surface area contributed by atoms with Gasteiger partial charge in [-0.2, -0.15) is 5.10 Å². The number of hydrogen-bond donors (Lipinski definition) is 1. The van der Waals surface area contributed by atoms with Gasteiger partial charge < -0.3 is 5.73 Å². The van der Waals surface area contributed by atoms with Crippen LogP contribution < -0.4 is 5.73 Å². The quantitative estimate of drug-likeness (QED) is 0.454. The fraction of sp³-hybridized carbons (Fsp3) is 0. The van der Waals surface area contributed by atoms with Gasteiger partial charge in [-0.1, -0.05) is 30.3 Å². The van der Waals surface area contributed by atoms with Gasteiger partial charge in [-0.3, -0.25) is 10.1 Å². The van der Waals surface area contributed by atoms with Crippen molar-refractivity contribution in [1.82, 2.24) is 9.78 Å². The summed E-state index contributed by atoms with van der Waals surface area (Å²) in [6, 6.07) is 14.2. The number of anilines is 1. The highest BCUT2D eigenvalue weighted by Crippen LogP contribution is 2.25. The van der Waals surface area contributed by atoms with Crippen molar-refractivity contribution in [3.63, 3.8) is 0 Å². The third-order valence-electron chi connectivity index (χ3n) is 3.16. The minimum Gasteiger partial charge on any atom is -0.397 e. The van der Waals surface area contributed by atoms with Crippen LogP contribution in [0.25, 0.3) is 16.8 Å². The molecule has 3 rings (SSSR count). The van der Waals surface area contributed by atoms with Crippen LogP contribution in [0.15, 0.2) is 60.9 Å². The van der Waals surface area contributed by atoms with Gasteiger partial charge in [0.1, 0.15) is 0 Å². The summed E-state index contributed by atoms with van der Waals surface area (Å²) in [7, 11) is 0. The summed E-state index contributed by atoms with van der Waals surface area (Å²) < 4.78 is 1.61. The van der Waals surface area contributed by atoms with E-state index in [2.05, 4.69) is 5.10 Å². The number of nitro groups is 1. The Hall–Kier alpha value is -3.15. The van der Waals surface area contributed by atoms with Crippen molar-refractivity contribution in [2.24, 2.45) is 0 Å². The summed E-state index contributed by atoms with van der Waals surface area (Å²) in [6.07, 6.45) is 3.57. The van der Waals surface area contributed by atoms with Crippen LogP contribution in [0.4, 0.5) is 11.4 Å². The van der Waals surface area contributed by atoms with Crippen LogP contribution in [-0.4, -0.2) is 14.7 Å². The highest BCUT2D eigenvalue weighted by atomic mass is 16.6. The highest BCUT2D eigenvalue weighted by Gasteiger charge is 2.11. The second kappa shape index (κ2) is 5.09. The predicted molar refractivity (Wildman–Crippen MR) is 80.1 cm³/mol. The van der Waals surface area contributed by atoms with Crippen LogP contribution >= 0.6 is 0 Å². The van der Waals surface area contributed by atoms with E-state index >= 15 is 0 Å². The molecular weight excluding hydrogens is 268 g/mol. The SMILES string of the molecule is Nc1cc([N+](=O)[O-])ccc1-n1cc(-c2ccccc2)cn1. The third kappa shape index (κ3) is 2.46. The van der Waals surface area contributed by atoms with Crippen LogP contribution in [0.5, 0.6) is 0 Å². The van der Waals surface area contributed by atoms with Gasteiger partial charge in [-0.25, -0.2) is 4.68 Å². The Kier molecular flexibility index (Phi) is 3.12. The molecule has 3 aromatic rings. The second-order valence-electron chi connectivity index (χ2n) is 4.54. The van der Waals surface area contributed by atoms with E-state index < -0.39 is 4.92 Å². The standard InChI is InChI=1S/C15H12N4O2/c16-14-8-13(19(20)21)6-7-15(14)18-10-12(9-17-18)11-4-2-1-3-5-11/h1-10H,16H2. The van der Waals surface area contributed by atoms with Gasteiger partial charge >= 0.3 is 0 Å². The number of nitrogen functional groups attached to an aromatic ring is 1. The smallest absolute Gasteiger partial charge is 0.271 e. The summed E-state index contributed by atoms with van der Waals surface area (Å²) in [6.45, 7) is 0. The zero-order valence-corrected chi connectivity index (χ0v) is 11.0. The Balaban J connectivity index is 1.99. The summed E-state index contributed by atoms with van der Waals surface area (Å²) in [5.74, 6) is 0. The Labute approximate surface area is 120 Å². The molecule has 0 radical (unpaired) electrons. The zero-order chi connectivity index (χ0) is 14.8. The molecule has 0 saturated carbocycles. The molecule has 104 valence electrons. The molecule has 0 bridgehead atoms. The van der Waals surface area contributed by atoms with Crippen molar-refractivity contribution < 1.29 is 4.92 Å². The topological polar surface area (TPSA) is 87.0 Å². The fourth-order valence-electron chi connectivity index (χ4n) is 2.10. The number of nitrogens with zero attached hydrogens (tertiary/aromatic N) is 3. The van der Waals surface area contributed by atoms with E-state index in [1.165, 1.54) is 12.1 Å². The fourth-order valence-corrected chi connectivity index (χ4v) is 2.10. The Morgan fingerprint density at radius 3 is 2.52 bits per heavy atom. The van der Waals surface area contributed by atoms with E-state index in [4.69, 9.17) is 5.73 Å². The number of nitrogens with two attached hydrogens (primary N) is 1. The van der Waals surface area contributed by atoms with Gasteiger partial charge in [0.25, 0.3) is 5.69 Å². The molecule has 1 heterocycles. The van der Waals surface area contributed by atoms with Gasteiger partial charge in [-0.05, 0) is 11.6 Å². The Bertz CT molecular complexity index is 796. The highest BCUT2D eigenvalue weighted by molar-refractivity contribution is 5.65. The van der Waals surface area contributed by atoms with Crippen molar-refractivity contribution in [1.29, 1.82) is 0 Å². The van der Waals surface area contributed by atoms with Crippen molar-refractivity contribution >= 4 is 11.4 Å². The van der Waals surface area contributed by atoms with Crippen molar-refractivity contribution in [2.75, 3.05) is 5.73 Å². The summed E-state index contributed by atoms with van der Waals surface area (Å²) >= 11 is 0. The molecule has 0 fully saturated rings. The van der Waals surface area contributed by atoms with Gasteiger partial charge in [0, 0.05) is 23.9 Å². The Morgan fingerprint density at radius 2 is 1.86 bits per heavy atom. The number of rotatable bonds is 3. The molecule has 0 amide bonds. The number of non-ortho nitro benzene ring substituents is 1. The van der Waals surface area contributed by atoms with E-state index in [0.717, 1.165) is 11.1 Å². The molecule has 0 aliphatic rings. The van der Waals surface area contributed by atoms with Crippen LogP contribution in [-0.2, 0) is 0 Å². The van der Waals surface area contributed by atoms with E-state index in [1.807, 2.05) is 36.5 Å². The maximum Gasteiger partial charge on any atom is 0.271 e. The van der Waals surface area contributed by atoms with Crippen molar-refractivity contribution in [2.45, 2.75) is 0 Å². The Morgan fingerprint density at radius 1 is 1.10 bits per heavy atom. The average Bonchev–Trinajstić information content (AvgIpc) is 2.97. The first-order valence-electron chi connectivity index (χ1n) is 6.29. The average molecular weight is 280 g/mol. The maximum atomic E-state index is 10.7. The van der Waals surface area contributed by atoms with Crippen LogP contribution in [0.1, 0.15) is 0 Å². The normalized spacial score (nSPS) is 10.5. The summed E-state index contributed by atoms with van der Waals surface area (Å²) in [5, 5.41) is 15.0. The minimum atomic E-state index is -0.474. The lowest BCUT2D eigenvalue weighted by atomic mass is 10.1. The van der Waals surface area contributed by atoms with E-state index in [9.17, 15) is 10.1 Å². The molecule has 1 aromatic heterocycles. The number of hydrogen-bond acceptors (Lipinski definition) is 4. The lowest BCUT2D eigenvalue weighted by Gasteiger charge is -2.05. The van der Waals surface area contributed by atoms with Crippen molar-refractivity contribution in [3.8, 4) is 16.8 Å². The van der Waals surface area contributed by atoms with E-state index in [1.54, 1.807) is 16.9 Å². The van der Waals surface area contributed by atoms with E-state index in [0.29, 0.717) is 11.4 Å². The maximum absolute atomic E-state index is 10.7. The van der Waals surface area contributed by atoms with Gasteiger partial charge in [0.05, 0.1) is 22.5 Å². The first kappa shape index (κ1) is 12.9. The lowest BCUT2D eigenvalue weighted by Crippen LogP contribution is -2.01. The zero-order valence-electron chi connectivity index (χ0n) is 11.0. The lowest BCUT2D eigenvalue weighted by molar-refractivity contribution is -0.384. The first-order chi connectivity index (χ1) is 10.1. The largest absolute Gasteiger partial charge is 0.397 e. The molecule has 0 aliphatic heterocycles. The van der Waals surface area contributed by atoms with Crippen molar-refractivity contribution in [3.05, 3.63) is 71.0 Å². The van der Waals surface area contributed by atoms with Gasteiger partial charge in [-0.15, -0.1) is 0 Å². The molecule has 6 heteroatoms. The van der Waals surface area contributed by atoms with Crippen LogP contribution in [0, 0.1) is 10.1 Å². The molecule has 2 N–H and O–H groups in total. The first-order valence-corrected chi connectivity index (χ1v) is 6.29. The van der Waals surface area contributed by atoms with Crippen LogP contribution in [0.2, 0.25) is 0 Å². The summed E-state index contributed by atoms with van der Waals surface area (Å²) in [4.78, 5) is 10.2. The molecule has 21 heavy (non-hydrogen) atoms. The number of aromatic nitrogens is 2. The molecule has 0 atom stereocenters. The number of benzene rings is 2. The van der Waals surface area contributed by atoms with Crippen LogP contribution in [0.3, 0.4) is 0 Å². The molecule has 0 spiro atoms. The summed E-state index contributed by atoms with van der Waals surface area (Å²) in [5.41, 5.74) is 8.76. The molecule has 2 aromatic carbocycles. The molecule has 0 saturated heterocycles. The molecule has 0 unspecified atom stereocenters. The van der Waals surface area contributed by atoms with E-state index in [-0.39, 0.29) is 5.69 Å². The number of nitro benzene ring substituents is 1. The predicted octanol–water partition coefficient (Wildman–Crippen LogP) is 3.03. The van der Waals surface area contributed by atoms with Gasteiger partial charge in [0.2, 0.25) is 0 Å². The van der Waals surface area contributed by atoms with Gasteiger partial charge in [0.15, 0.2) is 0 Å². The second-order valence-corrected chi connectivity index (χ2v) is 4.54. The monoisotopic (exact) mass is 280 g/mol. The third-order valence-corrected chi connectivity index (χ3v) is 3.16.